The van der Waals surface area contributed by atoms with Gasteiger partial charge in [0.25, 0.3) is 0 Å². The van der Waals surface area contributed by atoms with Crippen LogP contribution >= 0.6 is 11.6 Å². The van der Waals surface area contributed by atoms with Crippen LogP contribution in [0.3, 0.4) is 0 Å². The summed E-state index contributed by atoms with van der Waals surface area (Å²) in [6, 6.07) is 2.91. The fourth-order valence-corrected chi connectivity index (χ4v) is 4.60. The third kappa shape index (κ3) is 2.87. The molecule has 27 heavy (non-hydrogen) atoms. The molecule has 2 aliphatic carbocycles. The maximum absolute atomic E-state index is 13.0. The summed E-state index contributed by atoms with van der Waals surface area (Å²) < 4.78 is 39.0. The van der Waals surface area contributed by atoms with E-state index < -0.39 is 56.9 Å². The number of halogens is 4. The normalized spacial score (nSPS) is 29.7. The van der Waals surface area contributed by atoms with Crippen molar-refractivity contribution in [2.24, 2.45) is 22.7 Å². The van der Waals surface area contributed by atoms with Crippen LogP contribution < -0.4 is 5.32 Å². The first-order valence-electron chi connectivity index (χ1n) is 8.56. The van der Waals surface area contributed by atoms with Gasteiger partial charge in [-0.05, 0) is 36.5 Å². The number of Topliss-reactive ketones (excluding diaryl/α,β-unsaturated/α-hetero) is 2. The second kappa shape index (κ2) is 6.06. The molecule has 2 unspecified atom stereocenters. The van der Waals surface area contributed by atoms with Crippen molar-refractivity contribution in [1.82, 2.24) is 0 Å². The number of ketones is 2. The summed E-state index contributed by atoms with van der Waals surface area (Å²) in [7, 11) is 0. The lowest BCUT2D eigenvalue weighted by Crippen LogP contribution is -2.56. The number of carbonyl (C=O) groups excluding carboxylic acids is 3. The van der Waals surface area contributed by atoms with E-state index in [1.54, 1.807) is 6.92 Å². The molecule has 8 heteroatoms. The Morgan fingerprint density at radius 1 is 1.22 bits per heavy atom. The highest BCUT2D eigenvalue weighted by Crippen LogP contribution is 2.61. The van der Waals surface area contributed by atoms with Crippen molar-refractivity contribution in [3.05, 3.63) is 28.8 Å². The molecular formula is C19H19ClF3NO3. The van der Waals surface area contributed by atoms with E-state index in [-0.39, 0.29) is 5.69 Å². The molecule has 2 fully saturated rings. The number of hydrogen-bond acceptors (Lipinski definition) is 3. The van der Waals surface area contributed by atoms with Gasteiger partial charge in [0.1, 0.15) is 0 Å². The van der Waals surface area contributed by atoms with Gasteiger partial charge in [-0.25, -0.2) is 0 Å². The zero-order valence-electron chi connectivity index (χ0n) is 15.0. The highest BCUT2D eigenvalue weighted by atomic mass is 35.5. The molecule has 2 aliphatic rings. The van der Waals surface area contributed by atoms with Crippen LogP contribution in [0.25, 0.3) is 0 Å². The number of carbonyl (C=O) groups is 3. The highest BCUT2D eigenvalue weighted by Gasteiger charge is 2.66. The SMILES string of the molecule is CC1(C)C2CC[C@]1(C)C(=O)C(C(=O)Nc1ccc(Cl)c(C(F)(F)F)c1)C2=O. The summed E-state index contributed by atoms with van der Waals surface area (Å²) >= 11 is 5.57. The van der Waals surface area contributed by atoms with Crippen molar-refractivity contribution in [1.29, 1.82) is 0 Å². The minimum Gasteiger partial charge on any atom is -0.325 e. The Hall–Kier alpha value is -1.89. The van der Waals surface area contributed by atoms with Crippen molar-refractivity contribution in [2.45, 2.75) is 39.8 Å². The number of benzene rings is 1. The van der Waals surface area contributed by atoms with Crippen LogP contribution in [-0.4, -0.2) is 17.5 Å². The summed E-state index contributed by atoms with van der Waals surface area (Å²) in [4.78, 5) is 38.4. The largest absolute Gasteiger partial charge is 0.417 e. The molecule has 2 bridgehead atoms. The second-order valence-corrected chi connectivity index (χ2v) is 8.43. The Balaban J connectivity index is 1.90. The zero-order valence-corrected chi connectivity index (χ0v) is 15.8. The van der Waals surface area contributed by atoms with Crippen LogP contribution in [-0.2, 0) is 20.6 Å². The van der Waals surface area contributed by atoms with E-state index in [2.05, 4.69) is 5.32 Å². The molecule has 0 saturated heterocycles. The zero-order chi connectivity index (χ0) is 20.4. The van der Waals surface area contributed by atoms with Gasteiger partial charge >= 0.3 is 6.18 Å². The average molecular weight is 402 g/mol. The Labute approximate surface area is 159 Å². The van der Waals surface area contributed by atoms with Gasteiger partial charge in [-0.15, -0.1) is 0 Å². The third-order valence-corrected chi connectivity index (χ3v) is 6.79. The van der Waals surface area contributed by atoms with E-state index >= 15 is 0 Å². The van der Waals surface area contributed by atoms with Gasteiger partial charge in [-0.1, -0.05) is 32.4 Å². The van der Waals surface area contributed by atoms with Gasteiger partial charge in [0.2, 0.25) is 5.91 Å². The highest BCUT2D eigenvalue weighted by molar-refractivity contribution is 6.31. The molecule has 1 aromatic carbocycles. The van der Waals surface area contributed by atoms with Crippen LogP contribution in [0.1, 0.15) is 39.2 Å². The molecule has 1 aromatic rings. The fraction of sp³-hybridized carbons (Fsp3) is 0.526. The topological polar surface area (TPSA) is 63.2 Å². The van der Waals surface area contributed by atoms with Crippen LogP contribution in [0, 0.1) is 22.7 Å². The van der Waals surface area contributed by atoms with E-state index in [4.69, 9.17) is 11.6 Å². The number of hydrogen-bond donors (Lipinski definition) is 1. The molecule has 3 rings (SSSR count). The van der Waals surface area contributed by atoms with Gasteiger partial charge < -0.3 is 5.32 Å². The summed E-state index contributed by atoms with van der Waals surface area (Å²) in [6.07, 6.45) is -3.65. The third-order valence-electron chi connectivity index (χ3n) is 6.46. The van der Waals surface area contributed by atoms with Crippen molar-refractivity contribution in [2.75, 3.05) is 5.32 Å². The minimum absolute atomic E-state index is 0.167. The first-order valence-corrected chi connectivity index (χ1v) is 8.94. The molecule has 1 amide bonds. The number of nitrogens with one attached hydrogen (secondary N) is 1. The van der Waals surface area contributed by atoms with Crippen LogP contribution in [0.2, 0.25) is 5.02 Å². The molecule has 4 nitrogen and oxygen atoms in total. The van der Waals surface area contributed by atoms with Gasteiger partial charge in [-0.3, -0.25) is 14.4 Å². The maximum atomic E-state index is 13.0. The van der Waals surface area contributed by atoms with Gasteiger partial charge in [-0.2, -0.15) is 13.2 Å². The smallest absolute Gasteiger partial charge is 0.325 e. The number of alkyl halides is 3. The molecular weight excluding hydrogens is 383 g/mol. The molecule has 0 spiro atoms. The second-order valence-electron chi connectivity index (χ2n) is 8.03. The fourth-order valence-electron chi connectivity index (χ4n) is 4.37. The monoisotopic (exact) mass is 401 g/mol. The molecule has 146 valence electrons. The lowest BCUT2D eigenvalue weighted by Gasteiger charge is -2.46. The Morgan fingerprint density at radius 2 is 1.85 bits per heavy atom. The molecule has 0 aromatic heterocycles. The lowest BCUT2D eigenvalue weighted by atomic mass is 9.55. The quantitative estimate of drug-likeness (QED) is 0.742. The summed E-state index contributed by atoms with van der Waals surface area (Å²) in [5.74, 6) is -3.74. The van der Waals surface area contributed by atoms with E-state index in [0.717, 1.165) is 6.07 Å². The van der Waals surface area contributed by atoms with Gasteiger partial charge in [0.05, 0.1) is 10.6 Å². The first-order chi connectivity index (χ1) is 12.3. The Bertz CT molecular complexity index is 849. The number of rotatable bonds is 2. The summed E-state index contributed by atoms with van der Waals surface area (Å²) in [5.41, 5.74) is -2.64. The van der Waals surface area contributed by atoms with E-state index in [1.165, 1.54) is 6.07 Å². The number of fused-ring (bicyclic) bond motifs is 2. The molecule has 1 N–H and O–H groups in total. The van der Waals surface area contributed by atoms with Crippen molar-refractivity contribution in [3.63, 3.8) is 0 Å². The van der Waals surface area contributed by atoms with Crippen molar-refractivity contribution in [3.8, 4) is 0 Å². The van der Waals surface area contributed by atoms with Crippen LogP contribution in [0.15, 0.2) is 18.2 Å². The summed E-state index contributed by atoms with van der Waals surface area (Å²) in [5, 5.41) is 1.78. The molecule has 0 aliphatic heterocycles. The Morgan fingerprint density at radius 3 is 2.44 bits per heavy atom. The van der Waals surface area contributed by atoms with Gasteiger partial charge in [0, 0.05) is 17.0 Å². The van der Waals surface area contributed by atoms with Crippen LogP contribution in [0.5, 0.6) is 0 Å². The summed E-state index contributed by atoms with van der Waals surface area (Å²) in [6.45, 7) is 5.46. The number of amides is 1. The van der Waals surface area contributed by atoms with E-state index in [9.17, 15) is 27.6 Å². The molecule has 3 atom stereocenters. The number of anilines is 1. The molecule has 2 saturated carbocycles. The Kier molecular flexibility index (Phi) is 4.45. The minimum atomic E-state index is -4.69. The predicted molar refractivity (Wildman–Crippen MR) is 93.2 cm³/mol. The average Bonchev–Trinajstić information content (AvgIpc) is 2.72. The lowest BCUT2D eigenvalue weighted by molar-refractivity contribution is -0.156. The maximum Gasteiger partial charge on any atom is 0.417 e. The van der Waals surface area contributed by atoms with Gasteiger partial charge in [0.15, 0.2) is 17.5 Å². The van der Waals surface area contributed by atoms with E-state index in [1.807, 2.05) is 13.8 Å². The molecule has 0 radical (unpaired) electrons. The predicted octanol–water partition coefficient (Wildman–Crippen LogP) is 4.51. The van der Waals surface area contributed by atoms with Crippen molar-refractivity contribution >= 4 is 34.8 Å². The van der Waals surface area contributed by atoms with Crippen molar-refractivity contribution < 1.29 is 27.6 Å². The standard InChI is InChI=1S/C19H19ClF3NO3/c1-17(2)10-6-7-18(17,3)15(26)13(14(10)25)16(27)24-9-4-5-12(20)11(8-9)19(21,22)23/h4-5,8,10,13H,6-7H2,1-3H3,(H,24,27)/t10?,13?,18-/m1/s1. The molecule has 0 heterocycles. The first kappa shape index (κ1) is 19.9. The van der Waals surface area contributed by atoms with E-state index in [0.29, 0.717) is 18.9 Å². The van der Waals surface area contributed by atoms with Crippen LogP contribution in [0.4, 0.5) is 18.9 Å².